The molecule has 114 valence electrons. The summed E-state index contributed by atoms with van der Waals surface area (Å²) < 4.78 is 7.30. The predicted molar refractivity (Wildman–Crippen MR) is 82.2 cm³/mol. The molecule has 0 bridgehead atoms. The van der Waals surface area contributed by atoms with Gasteiger partial charge >= 0.3 is 0 Å². The Kier molecular flexibility index (Phi) is 5.86. The highest BCUT2D eigenvalue weighted by molar-refractivity contribution is 5.30. The minimum atomic E-state index is 0.413. The summed E-state index contributed by atoms with van der Waals surface area (Å²) >= 11 is 0. The zero-order chi connectivity index (χ0) is 14.4. The number of piperidine rings is 1. The lowest BCUT2D eigenvalue weighted by Gasteiger charge is -2.29. The monoisotopic (exact) mass is 280 g/mol. The third kappa shape index (κ3) is 4.49. The number of ether oxygens (including phenoxy) is 1. The molecule has 1 fully saturated rings. The number of anilines is 1. The van der Waals surface area contributed by atoms with Crippen LogP contribution in [0.1, 0.15) is 31.9 Å². The van der Waals surface area contributed by atoms with Crippen molar-refractivity contribution in [3.63, 3.8) is 0 Å². The molecule has 1 aliphatic rings. The van der Waals surface area contributed by atoms with Crippen molar-refractivity contribution in [1.82, 2.24) is 14.5 Å². The van der Waals surface area contributed by atoms with Crippen LogP contribution in [-0.4, -0.2) is 53.8 Å². The van der Waals surface area contributed by atoms with Gasteiger partial charge in [-0.15, -0.1) is 0 Å². The lowest BCUT2D eigenvalue weighted by molar-refractivity contribution is 0.187. The van der Waals surface area contributed by atoms with Crippen molar-refractivity contribution in [3.8, 4) is 0 Å². The maximum absolute atomic E-state index is 5.15. The second-order valence-electron chi connectivity index (χ2n) is 5.80. The van der Waals surface area contributed by atoms with E-state index in [1.54, 1.807) is 7.11 Å². The number of aromatic nitrogens is 2. The van der Waals surface area contributed by atoms with Crippen molar-refractivity contribution in [2.45, 2.75) is 45.7 Å². The molecule has 2 rings (SSSR count). The summed E-state index contributed by atoms with van der Waals surface area (Å²) in [4.78, 5) is 7.13. The predicted octanol–water partition coefficient (Wildman–Crippen LogP) is 2.12. The molecule has 1 N–H and O–H groups in total. The first-order chi connectivity index (χ1) is 9.69. The van der Waals surface area contributed by atoms with E-state index in [1.807, 2.05) is 6.92 Å². The Morgan fingerprint density at radius 2 is 2.10 bits per heavy atom. The Labute approximate surface area is 122 Å². The van der Waals surface area contributed by atoms with Crippen molar-refractivity contribution >= 4 is 5.95 Å². The van der Waals surface area contributed by atoms with Gasteiger partial charge in [-0.1, -0.05) is 6.42 Å². The summed E-state index contributed by atoms with van der Waals surface area (Å²) in [7, 11) is 1.73. The van der Waals surface area contributed by atoms with Gasteiger partial charge in [0.25, 0.3) is 0 Å². The van der Waals surface area contributed by atoms with E-state index in [2.05, 4.69) is 32.9 Å². The fourth-order valence-corrected chi connectivity index (χ4v) is 2.82. The van der Waals surface area contributed by atoms with Crippen LogP contribution in [0.15, 0.2) is 6.20 Å². The van der Waals surface area contributed by atoms with Crippen LogP contribution in [-0.2, 0) is 11.3 Å². The molecule has 1 saturated heterocycles. The normalized spacial score (nSPS) is 18.1. The molecule has 1 atom stereocenters. The van der Waals surface area contributed by atoms with Crippen LogP contribution in [0.25, 0.3) is 0 Å². The fourth-order valence-electron chi connectivity index (χ4n) is 2.82. The van der Waals surface area contributed by atoms with Crippen molar-refractivity contribution in [2.75, 3.05) is 38.7 Å². The van der Waals surface area contributed by atoms with Crippen LogP contribution >= 0.6 is 0 Å². The zero-order valence-corrected chi connectivity index (χ0v) is 13.1. The highest BCUT2D eigenvalue weighted by atomic mass is 16.5. The fraction of sp³-hybridized carbons (Fsp3) is 0.800. The smallest absolute Gasteiger partial charge is 0.203 e. The number of aryl methyl sites for hydroxylation is 1. The number of imidazole rings is 1. The van der Waals surface area contributed by atoms with Crippen LogP contribution in [0, 0.1) is 6.92 Å². The molecule has 5 nitrogen and oxygen atoms in total. The number of likely N-dealkylation sites (tertiary alicyclic amines) is 1. The number of rotatable bonds is 7. The van der Waals surface area contributed by atoms with E-state index in [0.717, 1.165) is 24.7 Å². The highest BCUT2D eigenvalue weighted by Gasteiger charge is 2.15. The summed E-state index contributed by atoms with van der Waals surface area (Å²) in [5.41, 5.74) is 1.05. The van der Waals surface area contributed by atoms with Gasteiger partial charge < -0.3 is 19.5 Å². The maximum Gasteiger partial charge on any atom is 0.203 e. The number of nitrogens with zero attached hydrogens (tertiary/aromatic N) is 3. The minimum absolute atomic E-state index is 0.413. The molecule has 5 heteroatoms. The second-order valence-corrected chi connectivity index (χ2v) is 5.80. The Bertz CT molecular complexity index is 399. The van der Waals surface area contributed by atoms with E-state index < -0.39 is 0 Å². The third-order valence-corrected chi connectivity index (χ3v) is 3.79. The molecule has 20 heavy (non-hydrogen) atoms. The van der Waals surface area contributed by atoms with E-state index in [0.29, 0.717) is 12.6 Å². The Hall–Kier alpha value is -1.07. The van der Waals surface area contributed by atoms with Crippen LogP contribution in [0.3, 0.4) is 0 Å². The Balaban J connectivity index is 1.87. The molecule has 2 heterocycles. The quantitative estimate of drug-likeness (QED) is 0.831. The molecule has 0 radical (unpaired) electrons. The Morgan fingerprint density at radius 1 is 1.35 bits per heavy atom. The average Bonchev–Trinajstić information content (AvgIpc) is 2.77. The van der Waals surface area contributed by atoms with E-state index >= 15 is 0 Å². The third-order valence-electron chi connectivity index (χ3n) is 3.79. The van der Waals surface area contributed by atoms with Crippen molar-refractivity contribution in [1.29, 1.82) is 0 Å². The first kappa shape index (κ1) is 15.3. The van der Waals surface area contributed by atoms with Gasteiger partial charge in [0.05, 0.1) is 12.3 Å². The van der Waals surface area contributed by atoms with Gasteiger partial charge in [-0.2, -0.15) is 0 Å². The number of hydrogen-bond donors (Lipinski definition) is 1. The van der Waals surface area contributed by atoms with Gasteiger partial charge in [-0.05, 0) is 39.8 Å². The lowest BCUT2D eigenvalue weighted by atomic mass is 10.1. The second kappa shape index (κ2) is 7.64. The average molecular weight is 280 g/mol. The minimum Gasteiger partial charge on any atom is -0.383 e. The summed E-state index contributed by atoms with van der Waals surface area (Å²) in [6.45, 7) is 9.40. The first-order valence-corrected chi connectivity index (χ1v) is 7.70. The van der Waals surface area contributed by atoms with Gasteiger partial charge in [0.15, 0.2) is 0 Å². The van der Waals surface area contributed by atoms with Crippen LogP contribution in [0.5, 0.6) is 0 Å². The topological polar surface area (TPSA) is 42.3 Å². The van der Waals surface area contributed by atoms with E-state index in [4.69, 9.17) is 4.74 Å². The maximum atomic E-state index is 5.15. The Morgan fingerprint density at radius 3 is 2.80 bits per heavy atom. The molecule has 0 amide bonds. The van der Waals surface area contributed by atoms with Crippen LogP contribution < -0.4 is 5.32 Å². The zero-order valence-electron chi connectivity index (χ0n) is 13.1. The molecular weight excluding hydrogens is 252 g/mol. The van der Waals surface area contributed by atoms with Gasteiger partial charge in [0.2, 0.25) is 5.95 Å². The van der Waals surface area contributed by atoms with E-state index in [-0.39, 0.29) is 0 Å². The molecule has 0 saturated carbocycles. The molecule has 1 aromatic heterocycles. The first-order valence-electron chi connectivity index (χ1n) is 7.70. The molecule has 1 aromatic rings. The van der Waals surface area contributed by atoms with E-state index in [1.165, 1.54) is 32.4 Å². The number of methoxy groups -OCH3 is 1. The lowest BCUT2D eigenvalue weighted by Crippen LogP contribution is -2.38. The molecule has 1 aliphatic heterocycles. The SMILES string of the molecule is COCCn1cc(C)nc1NC(C)CN1CCCCC1. The molecule has 0 aliphatic carbocycles. The number of nitrogens with one attached hydrogen (secondary N) is 1. The molecule has 0 aromatic carbocycles. The highest BCUT2D eigenvalue weighted by Crippen LogP contribution is 2.13. The van der Waals surface area contributed by atoms with Crippen LogP contribution in [0.2, 0.25) is 0 Å². The molecule has 0 spiro atoms. The largest absolute Gasteiger partial charge is 0.383 e. The summed E-state index contributed by atoms with van der Waals surface area (Å²) in [6, 6.07) is 0.413. The number of hydrogen-bond acceptors (Lipinski definition) is 4. The van der Waals surface area contributed by atoms with Crippen molar-refractivity contribution in [3.05, 3.63) is 11.9 Å². The van der Waals surface area contributed by atoms with Crippen molar-refractivity contribution < 1.29 is 4.74 Å². The summed E-state index contributed by atoms with van der Waals surface area (Å²) in [5.74, 6) is 0.962. The van der Waals surface area contributed by atoms with Crippen LogP contribution in [0.4, 0.5) is 5.95 Å². The van der Waals surface area contributed by atoms with E-state index in [9.17, 15) is 0 Å². The molecular formula is C15H28N4O. The van der Waals surface area contributed by atoms with Gasteiger partial charge in [-0.3, -0.25) is 0 Å². The van der Waals surface area contributed by atoms with Gasteiger partial charge in [0.1, 0.15) is 0 Å². The molecule has 1 unspecified atom stereocenters. The van der Waals surface area contributed by atoms with Crippen molar-refractivity contribution in [2.24, 2.45) is 0 Å². The van der Waals surface area contributed by atoms with Gasteiger partial charge in [-0.25, -0.2) is 4.98 Å². The van der Waals surface area contributed by atoms with Gasteiger partial charge in [0, 0.05) is 32.4 Å². The summed E-state index contributed by atoms with van der Waals surface area (Å²) in [6.07, 6.45) is 6.15. The summed E-state index contributed by atoms with van der Waals surface area (Å²) in [5, 5.41) is 3.54. The standard InChI is InChI=1S/C15H28N4O/c1-13(11-18-7-5-4-6-8-18)16-15-17-14(2)12-19(15)9-10-20-3/h12-13H,4-11H2,1-3H3,(H,16,17).